The molecule has 0 saturated carbocycles. The maximum Gasteiger partial charge on any atom is 0.289 e. The quantitative estimate of drug-likeness (QED) is 0.869. The van der Waals surface area contributed by atoms with Crippen molar-refractivity contribution in [3.63, 3.8) is 0 Å². The Morgan fingerprint density at radius 2 is 1.76 bits per heavy atom. The zero-order valence-electron chi connectivity index (χ0n) is 12.3. The van der Waals surface area contributed by atoms with Crippen LogP contribution in [-0.4, -0.2) is 37.0 Å². The molecular formula is C17H20N2O2. The molecule has 4 heteroatoms. The Morgan fingerprint density at radius 3 is 2.38 bits per heavy atom. The normalized spacial score (nSPS) is 15.3. The van der Waals surface area contributed by atoms with Crippen molar-refractivity contribution in [2.45, 2.75) is 13.3 Å². The van der Waals surface area contributed by atoms with E-state index in [9.17, 15) is 4.79 Å². The van der Waals surface area contributed by atoms with Gasteiger partial charge in [-0.25, -0.2) is 0 Å². The number of piperazine rings is 1. The van der Waals surface area contributed by atoms with E-state index in [1.807, 2.05) is 36.1 Å². The number of benzene rings is 1. The van der Waals surface area contributed by atoms with E-state index in [1.165, 1.54) is 5.69 Å². The topological polar surface area (TPSA) is 36.7 Å². The van der Waals surface area contributed by atoms with E-state index in [-0.39, 0.29) is 5.91 Å². The predicted molar refractivity (Wildman–Crippen MR) is 82.6 cm³/mol. The van der Waals surface area contributed by atoms with Gasteiger partial charge in [-0.2, -0.15) is 0 Å². The summed E-state index contributed by atoms with van der Waals surface area (Å²) in [4.78, 5) is 16.6. The summed E-state index contributed by atoms with van der Waals surface area (Å²) in [6.07, 6.45) is 0.815. The maximum atomic E-state index is 12.4. The molecule has 0 bridgehead atoms. The first-order valence-corrected chi connectivity index (χ1v) is 7.46. The number of rotatable bonds is 3. The van der Waals surface area contributed by atoms with Gasteiger partial charge in [-0.05, 0) is 24.3 Å². The molecule has 3 rings (SSSR count). The lowest BCUT2D eigenvalue weighted by Crippen LogP contribution is -2.48. The van der Waals surface area contributed by atoms with Crippen LogP contribution in [0.4, 0.5) is 5.69 Å². The molecule has 0 unspecified atom stereocenters. The molecule has 1 amide bonds. The van der Waals surface area contributed by atoms with E-state index in [0.29, 0.717) is 5.76 Å². The second-order valence-electron chi connectivity index (χ2n) is 5.23. The molecule has 0 radical (unpaired) electrons. The van der Waals surface area contributed by atoms with Crippen molar-refractivity contribution < 1.29 is 9.21 Å². The van der Waals surface area contributed by atoms with Gasteiger partial charge in [-0.3, -0.25) is 4.79 Å². The van der Waals surface area contributed by atoms with Gasteiger partial charge in [-0.15, -0.1) is 0 Å². The van der Waals surface area contributed by atoms with E-state index in [0.717, 1.165) is 38.4 Å². The van der Waals surface area contributed by atoms with Gasteiger partial charge in [0.1, 0.15) is 5.76 Å². The molecule has 110 valence electrons. The predicted octanol–water partition coefficient (Wildman–Crippen LogP) is 2.80. The Kier molecular flexibility index (Phi) is 3.95. The van der Waals surface area contributed by atoms with E-state index < -0.39 is 0 Å². The van der Waals surface area contributed by atoms with Gasteiger partial charge >= 0.3 is 0 Å². The van der Waals surface area contributed by atoms with Crippen molar-refractivity contribution in [3.05, 3.63) is 54.0 Å². The minimum absolute atomic E-state index is 0.00223. The third-order valence-corrected chi connectivity index (χ3v) is 3.91. The second kappa shape index (κ2) is 6.04. The first-order chi connectivity index (χ1) is 10.3. The molecule has 0 spiro atoms. The summed E-state index contributed by atoms with van der Waals surface area (Å²) in [6.45, 7) is 5.20. The summed E-state index contributed by atoms with van der Waals surface area (Å²) in [6, 6.07) is 14.0. The van der Waals surface area contributed by atoms with Crippen LogP contribution in [0.5, 0.6) is 0 Å². The fourth-order valence-electron chi connectivity index (χ4n) is 2.65. The molecule has 0 aliphatic carbocycles. The highest BCUT2D eigenvalue weighted by molar-refractivity contribution is 5.91. The summed E-state index contributed by atoms with van der Waals surface area (Å²) >= 11 is 0. The second-order valence-corrected chi connectivity index (χ2v) is 5.23. The number of hydrogen-bond donors (Lipinski definition) is 0. The number of hydrogen-bond acceptors (Lipinski definition) is 3. The molecule has 1 aromatic carbocycles. The molecule has 0 N–H and O–H groups in total. The van der Waals surface area contributed by atoms with Crippen LogP contribution < -0.4 is 4.90 Å². The van der Waals surface area contributed by atoms with Gasteiger partial charge in [0.25, 0.3) is 5.91 Å². The van der Waals surface area contributed by atoms with Crippen LogP contribution in [0.15, 0.2) is 46.9 Å². The van der Waals surface area contributed by atoms with Crippen LogP contribution in [0, 0.1) is 0 Å². The van der Waals surface area contributed by atoms with E-state index in [4.69, 9.17) is 4.42 Å². The zero-order valence-corrected chi connectivity index (χ0v) is 12.3. The van der Waals surface area contributed by atoms with Gasteiger partial charge in [0, 0.05) is 38.3 Å². The molecule has 1 saturated heterocycles. The average molecular weight is 284 g/mol. The van der Waals surface area contributed by atoms with Crippen LogP contribution in [0.25, 0.3) is 0 Å². The largest absolute Gasteiger partial charge is 0.456 e. The number of carbonyl (C=O) groups excluding carboxylic acids is 1. The van der Waals surface area contributed by atoms with Gasteiger partial charge in [0.2, 0.25) is 0 Å². The SMILES string of the molecule is CCc1ccc(C(=O)N2CCN(c3ccccc3)CC2)o1. The van der Waals surface area contributed by atoms with Crippen molar-refractivity contribution in [2.75, 3.05) is 31.1 Å². The molecule has 1 aromatic heterocycles. The standard InChI is InChI=1S/C17H20N2O2/c1-2-15-8-9-16(21-15)17(20)19-12-10-18(11-13-19)14-6-4-3-5-7-14/h3-9H,2,10-13H2,1H3. The third-order valence-electron chi connectivity index (χ3n) is 3.91. The van der Waals surface area contributed by atoms with Crippen molar-refractivity contribution in [2.24, 2.45) is 0 Å². The van der Waals surface area contributed by atoms with Crippen LogP contribution in [0.2, 0.25) is 0 Å². The summed E-state index contributed by atoms with van der Waals surface area (Å²) in [5.74, 6) is 1.32. The van der Waals surface area contributed by atoms with Gasteiger partial charge < -0.3 is 14.2 Å². The van der Waals surface area contributed by atoms with Crippen LogP contribution >= 0.6 is 0 Å². The number of carbonyl (C=O) groups is 1. The van der Waals surface area contributed by atoms with Crippen molar-refractivity contribution in [1.82, 2.24) is 4.90 Å². The molecule has 4 nitrogen and oxygen atoms in total. The minimum atomic E-state index is 0.00223. The number of nitrogens with zero attached hydrogens (tertiary/aromatic N) is 2. The summed E-state index contributed by atoms with van der Waals surface area (Å²) in [5.41, 5.74) is 1.22. The van der Waals surface area contributed by atoms with Crippen LogP contribution in [0.3, 0.4) is 0 Å². The number of para-hydroxylation sites is 1. The Labute approximate surface area is 125 Å². The van der Waals surface area contributed by atoms with Gasteiger partial charge in [0.05, 0.1) is 0 Å². The van der Waals surface area contributed by atoms with E-state index >= 15 is 0 Å². The molecule has 1 fully saturated rings. The lowest BCUT2D eigenvalue weighted by molar-refractivity contribution is 0.0713. The smallest absolute Gasteiger partial charge is 0.289 e. The number of aryl methyl sites for hydroxylation is 1. The highest BCUT2D eigenvalue weighted by Gasteiger charge is 2.24. The molecule has 2 aromatic rings. The maximum absolute atomic E-state index is 12.4. The summed E-state index contributed by atoms with van der Waals surface area (Å²) < 4.78 is 5.55. The zero-order chi connectivity index (χ0) is 14.7. The molecule has 0 atom stereocenters. The number of furan rings is 1. The van der Waals surface area contributed by atoms with Crippen LogP contribution in [0.1, 0.15) is 23.2 Å². The molecule has 21 heavy (non-hydrogen) atoms. The highest BCUT2D eigenvalue weighted by atomic mass is 16.4. The van der Waals surface area contributed by atoms with Gasteiger partial charge in [-0.1, -0.05) is 25.1 Å². The van der Waals surface area contributed by atoms with Crippen molar-refractivity contribution in [1.29, 1.82) is 0 Å². The fourth-order valence-corrected chi connectivity index (χ4v) is 2.65. The Morgan fingerprint density at radius 1 is 1.05 bits per heavy atom. The lowest BCUT2D eigenvalue weighted by atomic mass is 10.2. The average Bonchev–Trinajstić information content (AvgIpc) is 3.04. The minimum Gasteiger partial charge on any atom is -0.456 e. The monoisotopic (exact) mass is 284 g/mol. The Balaban J connectivity index is 1.61. The van der Waals surface area contributed by atoms with Crippen molar-refractivity contribution >= 4 is 11.6 Å². The highest BCUT2D eigenvalue weighted by Crippen LogP contribution is 2.17. The molecule has 1 aliphatic rings. The van der Waals surface area contributed by atoms with Crippen molar-refractivity contribution in [3.8, 4) is 0 Å². The lowest BCUT2D eigenvalue weighted by Gasteiger charge is -2.35. The van der Waals surface area contributed by atoms with E-state index in [2.05, 4.69) is 17.0 Å². The van der Waals surface area contributed by atoms with E-state index in [1.54, 1.807) is 6.07 Å². The summed E-state index contributed by atoms with van der Waals surface area (Å²) in [7, 11) is 0. The first-order valence-electron chi connectivity index (χ1n) is 7.46. The molecule has 1 aliphatic heterocycles. The number of amides is 1. The Hall–Kier alpha value is -2.23. The summed E-state index contributed by atoms with van der Waals surface area (Å²) in [5, 5.41) is 0. The molecule has 2 heterocycles. The van der Waals surface area contributed by atoms with Gasteiger partial charge in [0.15, 0.2) is 5.76 Å². The first kappa shape index (κ1) is 13.7. The fraction of sp³-hybridized carbons (Fsp3) is 0.353. The third kappa shape index (κ3) is 2.94. The molecular weight excluding hydrogens is 264 g/mol. The number of anilines is 1. The Bertz CT molecular complexity index is 598. The van der Waals surface area contributed by atoms with Crippen LogP contribution in [-0.2, 0) is 6.42 Å².